The predicted molar refractivity (Wildman–Crippen MR) is 104 cm³/mol. The lowest BCUT2D eigenvalue weighted by Crippen LogP contribution is -2.28. The van der Waals surface area contributed by atoms with Crippen LogP contribution in [-0.4, -0.2) is 31.6 Å². The number of nitrogens with zero attached hydrogens (tertiary/aromatic N) is 1. The molecule has 1 aromatic heterocycles. The molecular weight excluding hydrogens is 358 g/mol. The van der Waals surface area contributed by atoms with Gasteiger partial charge in [-0.05, 0) is 36.4 Å². The molecule has 6 heteroatoms. The zero-order chi connectivity index (χ0) is 18.2. The Morgan fingerprint density at radius 3 is 2.68 bits per heavy atom. The van der Waals surface area contributed by atoms with Gasteiger partial charge in [0.2, 0.25) is 5.91 Å². The van der Waals surface area contributed by atoms with E-state index < -0.39 is 0 Å². The van der Waals surface area contributed by atoms with Crippen molar-refractivity contribution in [2.24, 2.45) is 0 Å². The SMILES string of the molecule is C=CCN(Cc1ccc(Cl)s1)C(=O)/C=C/c1cc(OC)ccc1OC. The van der Waals surface area contributed by atoms with Crippen LogP contribution in [0.3, 0.4) is 0 Å². The van der Waals surface area contributed by atoms with E-state index in [0.29, 0.717) is 28.9 Å². The summed E-state index contributed by atoms with van der Waals surface area (Å²) < 4.78 is 11.2. The summed E-state index contributed by atoms with van der Waals surface area (Å²) in [7, 11) is 3.18. The highest BCUT2D eigenvalue weighted by atomic mass is 35.5. The average Bonchev–Trinajstić information content (AvgIpc) is 3.03. The van der Waals surface area contributed by atoms with Crippen LogP contribution in [-0.2, 0) is 11.3 Å². The fraction of sp³-hybridized carbons (Fsp3) is 0.211. The molecule has 0 bridgehead atoms. The highest BCUT2D eigenvalue weighted by molar-refractivity contribution is 7.16. The molecule has 25 heavy (non-hydrogen) atoms. The minimum Gasteiger partial charge on any atom is -0.497 e. The number of thiophene rings is 1. The molecule has 2 rings (SSSR count). The largest absolute Gasteiger partial charge is 0.497 e. The number of hydrogen-bond donors (Lipinski definition) is 0. The third kappa shape index (κ3) is 5.37. The van der Waals surface area contributed by atoms with Crippen molar-refractivity contribution in [3.8, 4) is 11.5 Å². The van der Waals surface area contributed by atoms with E-state index in [0.717, 1.165) is 10.4 Å². The lowest BCUT2D eigenvalue weighted by atomic mass is 10.1. The number of halogens is 1. The quantitative estimate of drug-likeness (QED) is 0.496. The summed E-state index contributed by atoms with van der Waals surface area (Å²) in [4.78, 5) is 15.3. The summed E-state index contributed by atoms with van der Waals surface area (Å²) in [6.45, 7) is 4.66. The van der Waals surface area contributed by atoms with Gasteiger partial charge in [-0.25, -0.2) is 0 Å². The number of carbonyl (C=O) groups excluding carboxylic acids is 1. The van der Waals surface area contributed by atoms with Crippen LogP contribution in [0.25, 0.3) is 6.08 Å². The predicted octanol–water partition coefficient (Wildman–Crippen LogP) is 4.65. The van der Waals surface area contributed by atoms with Crippen molar-refractivity contribution >= 4 is 34.9 Å². The number of methoxy groups -OCH3 is 2. The van der Waals surface area contributed by atoms with Crippen LogP contribution in [0.1, 0.15) is 10.4 Å². The molecule has 0 aliphatic carbocycles. The van der Waals surface area contributed by atoms with Crippen molar-refractivity contribution in [3.63, 3.8) is 0 Å². The van der Waals surface area contributed by atoms with Crippen LogP contribution >= 0.6 is 22.9 Å². The minimum atomic E-state index is -0.116. The first-order chi connectivity index (χ1) is 12.1. The Bertz CT molecular complexity index is 770. The molecule has 4 nitrogen and oxygen atoms in total. The molecule has 1 heterocycles. The second-order valence-corrected chi connectivity index (χ2v) is 6.95. The summed E-state index contributed by atoms with van der Waals surface area (Å²) in [5.74, 6) is 1.25. The van der Waals surface area contributed by atoms with Gasteiger partial charge in [0.25, 0.3) is 0 Å². The lowest BCUT2D eigenvalue weighted by Gasteiger charge is -2.18. The van der Waals surface area contributed by atoms with Gasteiger partial charge in [0.15, 0.2) is 0 Å². The molecule has 0 radical (unpaired) electrons. The fourth-order valence-corrected chi connectivity index (χ4v) is 3.35. The summed E-state index contributed by atoms with van der Waals surface area (Å²) in [5, 5.41) is 0. The topological polar surface area (TPSA) is 38.8 Å². The van der Waals surface area contributed by atoms with E-state index in [2.05, 4.69) is 6.58 Å². The zero-order valence-electron chi connectivity index (χ0n) is 14.2. The lowest BCUT2D eigenvalue weighted by molar-refractivity contribution is -0.126. The molecule has 2 aromatic rings. The summed E-state index contributed by atoms with van der Waals surface area (Å²) in [6, 6.07) is 9.18. The van der Waals surface area contributed by atoms with Crippen LogP contribution in [0.2, 0.25) is 4.34 Å². The Labute approximate surface area is 156 Å². The molecule has 0 saturated carbocycles. The molecule has 1 amide bonds. The normalized spacial score (nSPS) is 10.7. The number of ether oxygens (including phenoxy) is 2. The molecular formula is C19H20ClNO3S. The van der Waals surface area contributed by atoms with Gasteiger partial charge in [-0.1, -0.05) is 17.7 Å². The number of carbonyl (C=O) groups is 1. The highest BCUT2D eigenvalue weighted by Crippen LogP contribution is 2.26. The van der Waals surface area contributed by atoms with Crippen LogP contribution in [0, 0.1) is 0 Å². The average molecular weight is 378 g/mol. The zero-order valence-corrected chi connectivity index (χ0v) is 15.8. The molecule has 0 atom stereocenters. The van der Waals surface area contributed by atoms with Gasteiger partial charge in [-0.15, -0.1) is 17.9 Å². The van der Waals surface area contributed by atoms with E-state index in [9.17, 15) is 4.79 Å². The number of rotatable bonds is 8. The summed E-state index contributed by atoms with van der Waals surface area (Å²) in [5.41, 5.74) is 0.771. The maximum absolute atomic E-state index is 12.6. The van der Waals surface area contributed by atoms with Crippen molar-refractivity contribution in [1.82, 2.24) is 4.90 Å². The summed E-state index contributed by atoms with van der Waals surface area (Å²) in [6.07, 6.45) is 4.95. The molecule has 0 spiro atoms. The number of benzene rings is 1. The highest BCUT2D eigenvalue weighted by Gasteiger charge is 2.12. The molecule has 0 fully saturated rings. The minimum absolute atomic E-state index is 0.116. The Morgan fingerprint density at radius 2 is 2.08 bits per heavy atom. The Balaban J connectivity index is 2.16. The number of hydrogen-bond acceptors (Lipinski definition) is 4. The molecule has 0 aliphatic rings. The van der Waals surface area contributed by atoms with Gasteiger partial charge in [-0.3, -0.25) is 4.79 Å². The second-order valence-electron chi connectivity index (χ2n) is 5.15. The number of amides is 1. The van der Waals surface area contributed by atoms with Gasteiger partial charge < -0.3 is 14.4 Å². The van der Waals surface area contributed by atoms with Crippen LogP contribution in [0.5, 0.6) is 11.5 Å². The Hall–Kier alpha value is -2.24. The molecule has 0 N–H and O–H groups in total. The molecule has 132 valence electrons. The third-order valence-corrected chi connectivity index (χ3v) is 4.69. The van der Waals surface area contributed by atoms with E-state index >= 15 is 0 Å². The van der Waals surface area contributed by atoms with Crippen LogP contribution in [0.15, 0.2) is 49.1 Å². The van der Waals surface area contributed by atoms with Crippen molar-refractivity contribution < 1.29 is 14.3 Å². The van der Waals surface area contributed by atoms with Gasteiger partial charge in [0, 0.05) is 23.1 Å². The van der Waals surface area contributed by atoms with Crippen molar-refractivity contribution in [1.29, 1.82) is 0 Å². The molecule has 0 unspecified atom stereocenters. The van der Waals surface area contributed by atoms with E-state index in [4.69, 9.17) is 21.1 Å². The summed E-state index contributed by atoms with van der Waals surface area (Å²) >= 11 is 7.42. The Morgan fingerprint density at radius 1 is 1.28 bits per heavy atom. The van der Waals surface area contributed by atoms with E-state index in [-0.39, 0.29) is 5.91 Å². The third-order valence-electron chi connectivity index (χ3n) is 3.48. The first-order valence-electron chi connectivity index (χ1n) is 7.61. The van der Waals surface area contributed by atoms with Crippen molar-refractivity contribution in [2.45, 2.75) is 6.54 Å². The first kappa shape index (κ1) is 19.1. The molecule has 0 aliphatic heterocycles. The monoisotopic (exact) mass is 377 g/mol. The van der Waals surface area contributed by atoms with Crippen LogP contribution < -0.4 is 9.47 Å². The fourth-order valence-electron chi connectivity index (χ4n) is 2.25. The van der Waals surface area contributed by atoms with E-state index in [1.54, 1.807) is 37.3 Å². The van der Waals surface area contributed by atoms with Gasteiger partial charge in [0.05, 0.1) is 25.1 Å². The van der Waals surface area contributed by atoms with Gasteiger partial charge >= 0.3 is 0 Å². The second kappa shape index (κ2) is 9.30. The molecule has 0 saturated heterocycles. The van der Waals surface area contributed by atoms with Crippen molar-refractivity contribution in [3.05, 3.63) is 63.8 Å². The first-order valence-corrected chi connectivity index (χ1v) is 8.81. The molecule has 1 aromatic carbocycles. The standard InChI is InChI=1S/C19H20ClNO3S/c1-4-11-21(13-16-7-9-18(20)25-16)19(22)10-5-14-12-15(23-2)6-8-17(14)24-3/h4-10,12H,1,11,13H2,2-3H3/b10-5+. The van der Waals surface area contributed by atoms with E-state index in [1.807, 2.05) is 24.3 Å². The smallest absolute Gasteiger partial charge is 0.247 e. The maximum Gasteiger partial charge on any atom is 0.247 e. The van der Waals surface area contributed by atoms with Crippen molar-refractivity contribution in [2.75, 3.05) is 20.8 Å². The Kier molecular flexibility index (Phi) is 7.10. The van der Waals surface area contributed by atoms with Gasteiger partial charge in [0.1, 0.15) is 11.5 Å². The van der Waals surface area contributed by atoms with E-state index in [1.165, 1.54) is 17.4 Å². The maximum atomic E-state index is 12.6. The van der Waals surface area contributed by atoms with Crippen LogP contribution in [0.4, 0.5) is 0 Å². The van der Waals surface area contributed by atoms with Gasteiger partial charge in [-0.2, -0.15) is 0 Å².